The van der Waals surface area contributed by atoms with Crippen LogP contribution in [0, 0.1) is 0 Å². The maximum absolute atomic E-state index is 13.0. The summed E-state index contributed by atoms with van der Waals surface area (Å²) in [7, 11) is 1.17. The highest BCUT2D eigenvalue weighted by atomic mass is 32.2. The number of carboxylic acids is 1. The van der Waals surface area contributed by atoms with Crippen LogP contribution in [0.25, 0.3) is 5.69 Å². The Labute approximate surface area is 221 Å². The molecule has 2 rings (SSSR count). The Kier molecular flexibility index (Phi) is 11.7. The zero-order valence-electron chi connectivity index (χ0n) is 20.8. The molecule has 0 aliphatic carbocycles. The number of methoxy groups -OCH3 is 1. The first-order valence-corrected chi connectivity index (χ1v) is 12.5. The van der Waals surface area contributed by atoms with Crippen LogP contribution in [0.3, 0.4) is 0 Å². The second kappa shape index (κ2) is 14.7. The van der Waals surface area contributed by atoms with Gasteiger partial charge in [0.1, 0.15) is 11.2 Å². The molecule has 2 heterocycles. The number of Topliss-reactive ketones (excluding diaryl/α,β-unsaturated/α-hetero) is 2. The van der Waals surface area contributed by atoms with Gasteiger partial charge in [0.15, 0.2) is 5.78 Å². The van der Waals surface area contributed by atoms with Crippen LogP contribution in [0.5, 0.6) is 0 Å². The summed E-state index contributed by atoms with van der Waals surface area (Å²) in [5.41, 5.74) is 5.31. The third-order valence-electron chi connectivity index (χ3n) is 5.30. The SMILES string of the molecule is COC(=O)CC(SC[C@H](NC(=O)CC[C@H](N)C(C)=O)C(=O)CCC(=O)O)n1nnn(-c2cccnc2)c1=O. The van der Waals surface area contributed by atoms with Crippen molar-refractivity contribution in [2.75, 3.05) is 12.9 Å². The van der Waals surface area contributed by atoms with Crippen LogP contribution < -0.4 is 16.7 Å². The lowest BCUT2D eigenvalue weighted by atomic mass is 10.1. The van der Waals surface area contributed by atoms with Crippen LogP contribution in [0.15, 0.2) is 29.3 Å². The lowest BCUT2D eigenvalue weighted by Crippen LogP contribution is -2.44. The molecule has 1 amide bonds. The number of ether oxygens (including phenoxy) is 1. The zero-order chi connectivity index (χ0) is 28.2. The smallest absolute Gasteiger partial charge is 0.369 e. The quantitative estimate of drug-likeness (QED) is 0.219. The number of nitrogens with zero attached hydrogens (tertiary/aromatic N) is 5. The monoisotopic (exact) mass is 551 g/mol. The van der Waals surface area contributed by atoms with Crippen LogP contribution in [0.2, 0.25) is 0 Å². The molecular weight excluding hydrogens is 522 g/mol. The van der Waals surface area contributed by atoms with E-state index in [1.54, 1.807) is 12.1 Å². The van der Waals surface area contributed by atoms with E-state index in [0.29, 0.717) is 5.69 Å². The molecule has 206 valence electrons. The van der Waals surface area contributed by atoms with Gasteiger partial charge in [0.25, 0.3) is 0 Å². The van der Waals surface area contributed by atoms with Gasteiger partial charge < -0.3 is 20.9 Å². The molecule has 3 atom stereocenters. The topological polar surface area (TPSA) is 218 Å². The van der Waals surface area contributed by atoms with Crippen molar-refractivity contribution in [1.29, 1.82) is 0 Å². The Hall–Kier alpha value is -3.92. The summed E-state index contributed by atoms with van der Waals surface area (Å²) in [6.07, 6.45) is 1.71. The third-order valence-corrected chi connectivity index (χ3v) is 6.58. The fourth-order valence-corrected chi connectivity index (χ4v) is 4.31. The minimum atomic E-state index is -1.19. The number of esters is 1. The van der Waals surface area contributed by atoms with Gasteiger partial charge >= 0.3 is 17.6 Å². The zero-order valence-corrected chi connectivity index (χ0v) is 21.6. The summed E-state index contributed by atoms with van der Waals surface area (Å²) in [6, 6.07) is 1.20. The second-order valence-electron chi connectivity index (χ2n) is 8.13. The molecule has 0 saturated carbocycles. The number of rotatable bonds is 16. The van der Waals surface area contributed by atoms with Gasteiger partial charge in [-0.1, -0.05) is 0 Å². The number of thioether (sulfide) groups is 1. The average molecular weight is 552 g/mol. The molecule has 2 aromatic heterocycles. The van der Waals surface area contributed by atoms with Gasteiger partial charge in [-0.2, -0.15) is 9.36 Å². The van der Waals surface area contributed by atoms with Gasteiger partial charge in [0, 0.05) is 24.8 Å². The number of ketones is 2. The number of carbonyl (C=O) groups excluding carboxylic acids is 4. The summed E-state index contributed by atoms with van der Waals surface area (Å²) >= 11 is 0.952. The number of carbonyl (C=O) groups is 5. The van der Waals surface area contributed by atoms with E-state index in [0.717, 1.165) is 21.1 Å². The number of carboxylic acid groups (broad SMARTS) is 1. The van der Waals surface area contributed by atoms with E-state index in [1.165, 1.54) is 26.4 Å². The van der Waals surface area contributed by atoms with E-state index in [9.17, 15) is 28.8 Å². The number of aliphatic carboxylic acids is 1. The molecule has 38 heavy (non-hydrogen) atoms. The molecule has 0 aliphatic rings. The first kappa shape index (κ1) is 30.3. The molecule has 0 saturated heterocycles. The van der Waals surface area contributed by atoms with Crippen LogP contribution in [0.1, 0.15) is 44.4 Å². The molecule has 4 N–H and O–H groups in total. The first-order valence-electron chi connectivity index (χ1n) is 11.5. The van der Waals surface area contributed by atoms with Crippen molar-refractivity contribution in [3.8, 4) is 5.69 Å². The molecule has 15 nitrogen and oxygen atoms in total. The van der Waals surface area contributed by atoms with E-state index in [-0.39, 0.29) is 37.2 Å². The molecule has 2 aromatic rings. The van der Waals surface area contributed by atoms with Crippen molar-refractivity contribution in [3.05, 3.63) is 35.0 Å². The van der Waals surface area contributed by atoms with E-state index < -0.39 is 53.2 Å². The number of hydrogen-bond donors (Lipinski definition) is 3. The Morgan fingerprint density at radius 2 is 1.92 bits per heavy atom. The molecule has 0 spiro atoms. The fourth-order valence-electron chi connectivity index (χ4n) is 3.10. The van der Waals surface area contributed by atoms with Crippen molar-refractivity contribution in [2.24, 2.45) is 5.73 Å². The summed E-state index contributed by atoms with van der Waals surface area (Å²) in [5.74, 6) is -3.41. The lowest BCUT2D eigenvalue weighted by Gasteiger charge is -2.21. The Morgan fingerprint density at radius 3 is 2.53 bits per heavy atom. The van der Waals surface area contributed by atoms with E-state index in [4.69, 9.17) is 15.6 Å². The van der Waals surface area contributed by atoms with Crippen molar-refractivity contribution in [1.82, 2.24) is 30.1 Å². The highest BCUT2D eigenvalue weighted by Gasteiger charge is 2.27. The molecule has 0 bridgehead atoms. The summed E-state index contributed by atoms with van der Waals surface area (Å²) in [5, 5.41) is 18.2. The first-order chi connectivity index (χ1) is 18.0. The van der Waals surface area contributed by atoms with Gasteiger partial charge in [0.05, 0.1) is 43.9 Å². The second-order valence-corrected chi connectivity index (χ2v) is 9.34. The number of pyridine rings is 1. The van der Waals surface area contributed by atoms with Crippen molar-refractivity contribution >= 4 is 41.2 Å². The largest absolute Gasteiger partial charge is 0.481 e. The molecule has 16 heteroatoms. The number of hydrogen-bond acceptors (Lipinski definition) is 12. The lowest BCUT2D eigenvalue weighted by molar-refractivity contribution is -0.141. The minimum absolute atomic E-state index is 0.0577. The van der Waals surface area contributed by atoms with Gasteiger partial charge in [0.2, 0.25) is 5.91 Å². The molecule has 0 fully saturated rings. The van der Waals surface area contributed by atoms with Gasteiger partial charge in [-0.25, -0.2) is 4.79 Å². The van der Waals surface area contributed by atoms with Crippen LogP contribution in [-0.4, -0.2) is 84.2 Å². The predicted octanol–water partition coefficient (Wildman–Crippen LogP) is -0.766. The fraction of sp³-hybridized carbons (Fsp3) is 0.500. The highest BCUT2D eigenvalue weighted by Crippen LogP contribution is 2.26. The van der Waals surface area contributed by atoms with E-state index in [2.05, 4.69) is 20.7 Å². The Balaban J connectivity index is 2.23. The van der Waals surface area contributed by atoms with Gasteiger partial charge in [-0.15, -0.1) is 11.8 Å². The van der Waals surface area contributed by atoms with Crippen molar-refractivity contribution in [2.45, 2.75) is 56.5 Å². The number of nitrogens with one attached hydrogen (secondary N) is 1. The summed E-state index contributed by atoms with van der Waals surface area (Å²) < 4.78 is 6.64. The molecule has 0 aliphatic heterocycles. The number of amides is 1. The van der Waals surface area contributed by atoms with Crippen molar-refractivity contribution < 1.29 is 33.8 Å². The van der Waals surface area contributed by atoms with Gasteiger partial charge in [-0.05, 0) is 35.9 Å². The predicted molar refractivity (Wildman–Crippen MR) is 133 cm³/mol. The normalized spacial score (nSPS) is 13.2. The molecular formula is C22H29N7O8S. The number of aromatic nitrogens is 5. The number of tetrazole rings is 1. The molecule has 1 unspecified atom stereocenters. The molecule has 0 aromatic carbocycles. The van der Waals surface area contributed by atoms with E-state index >= 15 is 0 Å². The van der Waals surface area contributed by atoms with Crippen LogP contribution >= 0.6 is 11.8 Å². The van der Waals surface area contributed by atoms with Crippen LogP contribution in [0.4, 0.5) is 0 Å². The molecule has 0 radical (unpaired) electrons. The van der Waals surface area contributed by atoms with E-state index in [1.807, 2.05) is 0 Å². The van der Waals surface area contributed by atoms with Crippen LogP contribution in [-0.2, 0) is 28.7 Å². The Morgan fingerprint density at radius 1 is 1.18 bits per heavy atom. The van der Waals surface area contributed by atoms with Gasteiger partial charge in [-0.3, -0.25) is 29.0 Å². The average Bonchev–Trinajstić information content (AvgIpc) is 3.28. The van der Waals surface area contributed by atoms with Crippen molar-refractivity contribution in [3.63, 3.8) is 0 Å². The summed E-state index contributed by atoms with van der Waals surface area (Å²) in [4.78, 5) is 76.5. The Bertz CT molecular complexity index is 1200. The third kappa shape index (κ3) is 9.19. The maximum atomic E-state index is 13.0. The maximum Gasteiger partial charge on any atom is 0.369 e. The minimum Gasteiger partial charge on any atom is -0.481 e. The number of nitrogens with two attached hydrogens (primary N) is 1. The standard InChI is InChI=1S/C22H29N7O8S/c1-13(30)15(23)5-7-18(32)25-16(17(31)6-8-20(33)34)12-38-19(10-21(35)37-2)29-22(36)28(26-27-29)14-4-3-9-24-11-14/h3-4,9,11,15-16,19H,5-8,10,12,23H2,1-2H3,(H,25,32)(H,33,34)/t15-,16-,19?/m0/s1. The summed E-state index contributed by atoms with van der Waals surface area (Å²) in [6.45, 7) is 1.30. The highest BCUT2D eigenvalue weighted by molar-refractivity contribution is 7.99.